The van der Waals surface area contributed by atoms with Gasteiger partial charge in [0.2, 0.25) is 0 Å². The summed E-state index contributed by atoms with van der Waals surface area (Å²) in [5.41, 5.74) is 0.964. The number of aromatic nitrogens is 2. The van der Waals surface area contributed by atoms with Gasteiger partial charge in [0.15, 0.2) is 0 Å². The molecule has 1 atom stereocenters. The minimum absolute atomic E-state index is 0.155. The third-order valence-corrected chi connectivity index (χ3v) is 2.80. The standard InChI is InChI=1S/C7H11N3OS2/c1-12-13-10-7(4-11)2-6-3-8-5-9-6/h3-5,7,10H,2H2,1H3,(H,8,9). The van der Waals surface area contributed by atoms with Gasteiger partial charge in [0.25, 0.3) is 0 Å². The number of H-pyrrole nitrogens is 1. The number of nitrogens with one attached hydrogen (secondary N) is 2. The van der Waals surface area contributed by atoms with E-state index in [4.69, 9.17) is 0 Å². The van der Waals surface area contributed by atoms with Gasteiger partial charge in [-0.3, -0.25) is 0 Å². The van der Waals surface area contributed by atoms with Crippen LogP contribution in [0.1, 0.15) is 5.69 Å². The predicted octanol–water partition coefficient (Wildman–Crippen LogP) is 1.04. The fraction of sp³-hybridized carbons (Fsp3) is 0.429. The van der Waals surface area contributed by atoms with E-state index >= 15 is 0 Å². The van der Waals surface area contributed by atoms with Crippen LogP contribution in [-0.4, -0.2) is 28.6 Å². The summed E-state index contributed by atoms with van der Waals surface area (Å²) >= 11 is 0. The summed E-state index contributed by atoms with van der Waals surface area (Å²) in [5.74, 6) is 0. The zero-order valence-electron chi connectivity index (χ0n) is 7.19. The van der Waals surface area contributed by atoms with Gasteiger partial charge in [0, 0.05) is 18.3 Å². The Balaban J connectivity index is 2.35. The van der Waals surface area contributed by atoms with Crippen molar-refractivity contribution in [2.45, 2.75) is 12.5 Å². The number of carbonyl (C=O) groups is 1. The number of hydrogen-bond acceptors (Lipinski definition) is 5. The highest BCUT2D eigenvalue weighted by atomic mass is 33.1. The largest absolute Gasteiger partial charge is 0.348 e. The first-order valence-corrected chi connectivity index (χ1v) is 6.30. The smallest absolute Gasteiger partial charge is 0.138 e. The normalized spacial score (nSPS) is 12.7. The quantitative estimate of drug-likeness (QED) is 0.423. The fourth-order valence-electron chi connectivity index (χ4n) is 0.861. The van der Waals surface area contributed by atoms with Crippen LogP contribution in [0.3, 0.4) is 0 Å². The van der Waals surface area contributed by atoms with Crippen LogP contribution >= 0.6 is 21.8 Å². The van der Waals surface area contributed by atoms with E-state index in [1.807, 2.05) is 6.26 Å². The van der Waals surface area contributed by atoms with E-state index in [0.29, 0.717) is 6.42 Å². The van der Waals surface area contributed by atoms with Gasteiger partial charge >= 0.3 is 0 Å². The molecule has 0 aliphatic heterocycles. The molecule has 1 unspecified atom stereocenters. The van der Waals surface area contributed by atoms with Crippen molar-refractivity contribution in [3.8, 4) is 0 Å². The Morgan fingerprint density at radius 1 is 1.85 bits per heavy atom. The lowest BCUT2D eigenvalue weighted by molar-refractivity contribution is -0.109. The highest BCUT2D eigenvalue weighted by molar-refractivity contribution is 8.75. The van der Waals surface area contributed by atoms with Crippen molar-refractivity contribution in [1.29, 1.82) is 0 Å². The minimum Gasteiger partial charge on any atom is -0.348 e. The second-order valence-electron chi connectivity index (χ2n) is 2.39. The lowest BCUT2D eigenvalue weighted by Crippen LogP contribution is -2.26. The summed E-state index contributed by atoms with van der Waals surface area (Å²) in [6.45, 7) is 0. The molecule has 0 aromatic carbocycles. The zero-order chi connectivity index (χ0) is 9.52. The van der Waals surface area contributed by atoms with Crippen LogP contribution in [0.15, 0.2) is 12.5 Å². The lowest BCUT2D eigenvalue weighted by atomic mass is 10.2. The van der Waals surface area contributed by atoms with Crippen molar-refractivity contribution >= 4 is 28.1 Å². The maximum Gasteiger partial charge on any atom is 0.138 e. The first-order valence-electron chi connectivity index (χ1n) is 3.74. The molecular formula is C7H11N3OS2. The van der Waals surface area contributed by atoms with Gasteiger partial charge in [-0.25, -0.2) is 9.71 Å². The fourth-order valence-corrected chi connectivity index (χ4v) is 1.88. The number of hydrogen-bond donors (Lipinski definition) is 2. The van der Waals surface area contributed by atoms with Crippen molar-refractivity contribution < 1.29 is 4.79 Å². The van der Waals surface area contributed by atoms with E-state index in [-0.39, 0.29) is 6.04 Å². The van der Waals surface area contributed by atoms with Crippen molar-refractivity contribution in [1.82, 2.24) is 14.7 Å². The van der Waals surface area contributed by atoms with Gasteiger partial charge < -0.3 is 9.78 Å². The van der Waals surface area contributed by atoms with Crippen LogP contribution in [0.4, 0.5) is 0 Å². The molecule has 6 heteroatoms. The molecule has 0 amide bonds. The molecule has 0 saturated heterocycles. The Morgan fingerprint density at radius 2 is 2.69 bits per heavy atom. The molecule has 1 aromatic rings. The number of aromatic amines is 1. The Bertz CT molecular complexity index is 240. The Labute approximate surface area is 84.8 Å². The molecule has 1 aromatic heterocycles. The summed E-state index contributed by atoms with van der Waals surface area (Å²) in [6, 6.07) is -0.155. The summed E-state index contributed by atoms with van der Waals surface area (Å²) < 4.78 is 3.02. The Kier molecular flexibility index (Phi) is 4.95. The van der Waals surface area contributed by atoms with E-state index in [1.165, 1.54) is 11.0 Å². The molecule has 13 heavy (non-hydrogen) atoms. The number of imidazole rings is 1. The van der Waals surface area contributed by atoms with Crippen LogP contribution < -0.4 is 4.72 Å². The van der Waals surface area contributed by atoms with Crippen molar-refractivity contribution in [3.05, 3.63) is 18.2 Å². The van der Waals surface area contributed by atoms with Crippen molar-refractivity contribution in [2.75, 3.05) is 6.26 Å². The second-order valence-corrected chi connectivity index (χ2v) is 4.63. The molecule has 4 nitrogen and oxygen atoms in total. The van der Waals surface area contributed by atoms with E-state index in [9.17, 15) is 4.79 Å². The van der Waals surface area contributed by atoms with Gasteiger partial charge in [-0.2, -0.15) is 0 Å². The van der Waals surface area contributed by atoms with E-state index in [1.54, 1.807) is 23.3 Å². The highest BCUT2D eigenvalue weighted by Gasteiger charge is 2.07. The highest BCUT2D eigenvalue weighted by Crippen LogP contribution is 2.13. The van der Waals surface area contributed by atoms with E-state index in [2.05, 4.69) is 14.7 Å². The van der Waals surface area contributed by atoms with Crippen LogP contribution in [0.2, 0.25) is 0 Å². The van der Waals surface area contributed by atoms with Crippen LogP contribution in [0.5, 0.6) is 0 Å². The molecule has 1 heterocycles. The molecule has 72 valence electrons. The summed E-state index contributed by atoms with van der Waals surface area (Å²) in [5, 5.41) is 0. The van der Waals surface area contributed by atoms with Gasteiger partial charge in [-0.05, 0) is 17.2 Å². The third-order valence-electron chi connectivity index (χ3n) is 1.44. The van der Waals surface area contributed by atoms with Gasteiger partial charge in [-0.15, -0.1) is 0 Å². The zero-order valence-corrected chi connectivity index (χ0v) is 8.82. The molecule has 0 spiro atoms. The second kappa shape index (κ2) is 6.06. The Morgan fingerprint density at radius 3 is 3.23 bits per heavy atom. The first-order chi connectivity index (χ1) is 6.36. The van der Waals surface area contributed by atoms with Crippen LogP contribution in [-0.2, 0) is 11.2 Å². The van der Waals surface area contributed by atoms with Gasteiger partial charge in [0.05, 0.1) is 12.4 Å². The van der Waals surface area contributed by atoms with Crippen molar-refractivity contribution in [2.24, 2.45) is 0 Å². The molecule has 0 aliphatic carbocycles. The summed E-state index contributed by atoms with van der Waals surface area (Å²) in [4.78, 5) is 17.4. The molecule has 1 rings (SSSR count). The number of aldehydes is 1. The average Bonchev–Trinajstić information content (AvgIpc) is 2.64. The van der Waals surface area contributed by atoms with Gasteiger partial charge in [-0.1, -0.05) is 10.8 Å². The monoisotopic (exact) mass is 217 g/mol. The molecule has 0 bridgehead atoms. The summed E-state index contributed by atoms with van der Waals surface area (Å²) in [7, 11) is 3.04. The van der Waals surface area contributed by atoms with Crippen LogP contribution in [0, 0.1) is 0 Å². The van der Waals surface area contributed by atoms with Gasteiger partial charge in [0.1, 0.15) is 6.29 Å². The maximum atomic E-state index is 10.6. The lowest BCUT2D eigenvalue weighted by Gasteiger charge is -2.08. The van der Waals surface area contributed by atoms with E-state index < -0.39 is 0 Å². The summed E-state index contributed by atoms with van der Waals surface area (Å²) in [6.07, 6.45) is 6.84. The molecule has 0 fully saturated rings. The number of rotatable bonds is 6. The minimum atomic E-state index is -0.155. The first kappa shape index (κ1) is 10.6. The third kappa shape index (κ3) is 3.84. The molecule has 0 saturated carbocycles. The van der Waals surface area contributed by atoms with Crippen LogP contribution in [0.25, 0.3) is 0 Å². The predicted molar refractivity (Wildman–Crippen MR) is 56.4 cm³/mol. The van der Waals surface area contributed by atoms with E-state index in [0.717, 1.165) is 12.0 Å². The maximum absolute atomic E-state index is 10.6. The number of carbonyl (C=O) groups excluding carboxylic acids is 1. The topological polar surface area (TPSA) is 57.8 Å². The average molecular weight is 217 g/mol. The Hall–Kier alpha value is -0.460. The molecule has 2 N–H and O–H groups in total. The molecular weight excluding hydrogens is 206 g/mol. The van der Waals surface area contributed by atoms with Crippen molar-refractivity contribution in [3.63, 3.8) is 0 Å². The number of nitrogens with zero attached hydrogens (tertiary/aromatic N) is 1. The molecule has 0 radical (unpaired) electrons. The molecule has 0 aliphatic rings. The SMILES string of the molecule is CSSNC(C=O)Cc1cnc[nH]1.